The van der Waals surface area contributed by atoms with Gasteiger partial charge in [-0.15, -0.1) is 0 Å². The molecule has 0 amide bonds. The van der Waals surface area contributed by atoms with Crippen molar-refractivity contribution in [2.75, 3.05) is 6.61 Å². The van der Waals surface area contributed by atoms with Crippen molar-refractivity contribution in [1.82, 2.24) is 0 Å². The number of ether oxygens (including phenoxy) is 1. The maximum atomic E-state index is 10.8. The zero-order valence-electron chi connectivity index (χ0n) is 14.9. The molecule has 4 bridgehead atoms. The Kier molecular flexibility index (Phi) is 4.59. The van der Waals surface area contributed by atoms with Crippen molar-refractivity contribution >= 4 is 0 Å². The van der Waals surface area contributed by atoms with Crippen molar-refractivity contribution in [2.24, 2.45) is 17.8 Å². The molecule has 4 saturated carbocycles. The maximum absolute atomic E-state index is 10.8. The van der Waals surface area contributed by atoms with Crippen LogP contribution in [0.2, 0.25) is 0 Å². The summed E-state index contributed by atoms with van der Waals surface area (Å²) in [4.78, 5) is 0. The molecule has 0 saturated heterocycles. The summed E-state index contributed by atoms with van der Waals surface area (Å²) in [5.74, 6) is 0.983. The van der Waals surface area contributed by atoms with E-state index in [2.05, 4.69) is 20.8 Å². The second-order valence-corrected chi connectivity index (χ2v) is 9.32. The molecule has 4 aliphatic rings. The molecular formula is C19H34O4. The Bertz CT molecular complexity index is 417. The van der Waals surface area contributed by atoms with Crippen molar-refractivity contribution < 1.29 is 20.1 Å². The third-order valence-corrected chi connectivity index (χ3v) is 6.34. The van der Waals surface area contributed by atoms with Crippen LogP contribution in [0.25, 0.3) is 0 Å². The molecule has 0 heterocycles. The first-order valence-electron chi connectivity index (χ1n) is 9.43. The zero-order valence-corrected chi connectivity index (χ0v) is 14.9. The van der Waals surface area contributed by atoms with Gasteiger partial charge in [-0.05, 0) is 43.9 Å². The summed E-state index contributed by atoms with van der Waals surface area (Å²) in [6, 6.07) is 0. The third-order valence-electron chi connectivity index (χ3n) is 6.34. The fourth-order valence-electron chi connectivity index (χ4n) is 5.87. The minimum atomic E-state index is -0.744. The predicted molar refractivity (Wildman–Crippen MR) is 89.0 cm³/mol. The first kappa shape index (κ1) is 17.7. The second kappa shape index (κ2) is 5.98. The second-order valence-electron chi connectivity index (χ2n) is 9.32. The Morgan fingerprint density at radius 2 is 1.65 bits per heavy atom. The highest BCUT2D eigenvalue weighted by Crippen LogP contribution is 2.60. The van der Waals surface area contributed by atoms with E-state index in [9.17, 15) is 15.3 Å². The van der Waals surface area contributed by atoms with Crippen LogP contribution in [-0.4, -0.2) is 44.8 Å². The van der Waals surface area contributed by atoms with Crippen LogP contribution in [0.15, 0.2) is 0 Å². The Hall–Kier alpha value is -0.160. The van der Waals surface area contributed by atoms with Gasteiger partial charge in [0.25, 0.3) is 0 Å². The Labute approximate surface area is 140 Å². The van der Waals surface area contributed by atoms with Crippen LogP contribution in [-0.2, 0) is 4.74 Å². The molecular weight excluding hydrogens is 292 g/mol. The number of aliphatic hydroxyl groups is 3. The molecule has 134 valence electrons. The van der Waals surface area contributed by atoms with Crippen LogP contribution in [0.5, 0.6) is 0 Å². The van der Waals surface area contributed by atoms with Gasteiger partial charge in [0.15, 0.2) is 0 Å². The highest BCUT2D eigenvalue weighted by atomic mass is 16.5. The molecule has 0 spiro atoms. The van der Waals surface area contributed by atoms with Crippen molar-refractivity contribution in [3.05, 3.63) is 0 Å². The largest absolute Gasteiger partial charge is 0.393 e. The molecule has 4 heteroatoms. The van der Waals surface area contributed by atoms with Gasteiger partial charge in [-0.2, -0.15) is 0 Å². The quantitative estimate of drug-likeness (QED) is 0.673. The summed E-state index contributed by atoms with van der Waals surface area (Å²) in [6.07, 6.45) is 5.74. The lowest BCUT2D eigenvalue weighted by Crippen LogP contribution is -2.66. The summed E-state index contributed by atoms with van der Waals surface area (Å²) >= 11 is 0. The highest BCUT2D eigenvalue weighted by Gasteiger charge is 2.63. The minimum Gasteiger partial charge on any atom is -0.393 e. The van der Waals surface area contributed by atoms with Crippen LogP contribution in [0.1, 0.15) is 72.1 Å². The van der Waals surface area contributed by atoms with Crippen LogP contribution in [0.4, 0.5) is 0 Å². The summed E-state index contributed by atoms with van der Waals surface area (Å²) in [5, 5.41) is 32.0. The molecule has 0 radical (unpaired) electrons. The molecule has 4 unspecified atom stereocenters. The molecule has 4 atom stereocenters. The summed E-state index contributed by atoms with van der Waals surface area (Å²) in [7, 11) is 0. The van der Waals surface area contributed by atoms with Gasteiger partial charge < -0.3 is 20.1 Å². The Balaban J connectivity index is 1.65. The SMILES string of the molecule is CCC(COC12CC3CC(O)(CC(O)(C3)C1)C2)C(O)CC(C)C. The normalized spacial score (nSPS) is 44.7. The van der Waals surface area contributed by atoms with Gasteiger partial charge in [0.1, 0.15) is 0 Å². The summed E-state index contributed by atoms with van der Waals surface area (Å²) < 4.78 is 6.35. The predicted octanol–water partition coefficient (Wildman–Crippen LogP) is 2.63. The van der Waals surface area contributed by atoms with Crippen LogP contribution < -0.4 is 0 Å². The van der Waals surface area contributed by atoms with Gasteiger partial charge in [0.05, 0.1) is 29.5 Å². The van der Waals surface area contributed by atoms with Crippen LogP contribution in [0.3, 0.4) is 0 Å². The van der Waals surface area contributed by atoms with E-state index in [0.29, 0.717) is 37.7 Å². The highest BCUT2D eigenvalue weighted by molar-refractivity contribution is 5.15. The van der Waals surface area contributed by atoms with E-state index >= 15 is 0 Å². The van der Waals surface area contributed by atoms with Crippen molar-refractivity contribution in [1.29, 1.82) is 0 Å². The molecule has 3 N–H and O–H groups in total. The zero-order chi connectivity index (χ0) is 16.9. The molecule has 0 aromatic heterocycles. The molecule has 4 fully saturated rings. The number of hydrogen-bond acceptors (Lipinski definition) is 4. The van der Waals surface area contributed by atoms with Crippen molar-refractivity contribution in [3.8, 4) is 0 Å². The Morgan fingerprint density at radius 3 is 2.13 bits per heavy atom. The van der Waals surface area contributed by atoms with E-state index in [1.54, 1.807) is 0 Å². The van der Waals surface area contributed by atoms with Crippen LogP contribution >= 0.6 is 0 Å². The van der Waals surface area contributed by atoms with Gasteiger partial charge in [-0.25, -0.2) is 0 Å². The van der Waals surface area contributed by atoms with Gasteiger partial charge in [-0.3, -0.25) is 0 Å². The number of hydrogen-bond donors (Lipinski definition) is 3. The van der Waals surface area contributed by atoms with Gasteiger partial charge >= 0.3 is 0 Å². The third kappa shape index (κ3) is 3.60. The topological polar surface area (TPSA) is 69.9 Å². The molecule has 0 aromatic rings. The lowest BCUT2D eigenvalue weighted by atomic mass is 9.50. The number of aliphatic hydroxyl groups excluding tert-OH is 1. The van der Waals surface area contributed by atoms with Crippen molar-refractivity contribution in [3.63, 3.8) is 0 Å². The average Bonchev–Trinajstić information content (AvgIpc) is 2.33. The minimum absolute atomic E-state index is 0.134. The molecule has 0 aliphatic heterocycles. The van der Waals surface area contributed by atoms with E-state index in [4.69, 9.17) is 4.74 Å². The van der Waals surface area contributed by atoms with Crippen molar-refractivity contribution in [2.45, 2.75) is 95.0 Å². The summed E-state index contributed by atoms with van der Waals surface area (Å²) in [5.41, 5.74) is -1.87. The van der Waals surface area contributed by atoms with E-state index < -0.39 is 11.2 Å². The lowest BCUT2D eigenvalue weighted by molar-refractivity contribution is -0.271. The maximum Gasteiger partial charge on any atom is 0.0740 e. The molecule has 0 aromatic carbocycles. The first-order chi connectivity index (χ1) is 10.7. The molecule has 23 heavy (non-hydrogen) atoms. The monoisotopic (exact) mass is 326 g/mol. The smallest absolute Gasteiger partial charge is 0.0740 e. The molecule has 4 rings (SSSR count). The van der Waals surface area contributed by atoms with Gasteiger partial charge in [0, 0.05) is 25.2 Å². The first-order valence-corrected chi connectivity index (χ1v) is 9.43. The standard InChI is InChI=1S/C19H34O4/c1-4-15(16(20)5-13(2)3)9-23-19-8-14-6-17(21,11-19)10-18(22,7-14)12-19/h13-16,20-22H,4-12H2,1-3H3. The van der Waals surface area contributed by atoms with E-state index in [1.807, 2.05) is 0 Å². The Morgan fingerprint density at radius 1 is 1.04 bits per heavy atom. The fourth-order valence-corrected chi connectivity index (χ4v) is 5.87. The summed E-state index contributed by atoms with van der Waals surface area (Å²) in [6.45, 7) is 6.88. The molecule has 4 nitrogen and oxygen atoms in total. The van der Waals surface area contributed by atoms with E-state index in [0.717, 1.165) is 32.1 Å². The number of rotatable bonds is 7. The lowest BCUT2D eigenvalue weighted by Gasteiger charge is -2.62. The average molecular weight is 326 g/mol. The van der Waals surface area contributed by atoms with Crippen LogP contribution in [0, 0.1) is 17.8 Å². The fraction of sp³-hybridized carbons (Fsp3) is 1.00. The van der Waals surface area contributed by atoms with E-state index in [-0.39, 0.29) is 17.6 Å². The van der Waals surface area contributed by atoms with Gasteiger partial charge in [-0.1, -0.05) is 20.8 Å². The van der Waals surface area contributed by atoms with E-state index in [1.165, 1.54) is 0 Å². The van der Waals surface area contributed by atoms with Gasteiger partial charge in [0.2, 0.25) is 0 Å². The molecule has 4 aliphatic carbocycles.